The van der Waals surface area contributed by atoms with E-state index in [0.717, 1.165) is 16.9 Å². The number of hydrogen-bond donors (Lipinski definition) is 1. The summed E-state index contributed by atoms with van der Waals surface area (Å²) in [6, 6.07) is 21.5. The maximum absolute atomic E-state index is 13.8. The molecule has 0 aliphatic carbocycles. The zero-order chi connectivity index (χ0) is 17.4. The van der Waals surface area contributed by atoms with Crippen LogP contribution in [0.25, 0.3) is 0 Å². The lowest BCUT2D eigenvalue weighted by Crippen LogP contribution is -2.43. The highest BCUT2D eigenvalue weighted by Crippen LogP contribution is 2.36. The van der Waals surface area contributed by atoms with Gasteiger partial charge in [0, 0.05) is 11.4 Å². The number of rotatable bonds is 2. The molecule has 0 fully saturated rings. The Hall–Kier alpha value is -3.14. The molecule has 0 saturated heterocycles. The fraction of sp³-hybridized carbons (Fsp3) is 0.0952. The lowest BCUT2D eigenvalue weighted by molar-refractivity contribution is 0.0975. The molecule has 3 nitrogen and oxygen atoms in total. The average Bonchev–Trinajstić information content (AvgIpc) is 2.63. The second-order valence-electron chi connectivity index (χ2n) is 6.16. The van der Waals surface area contributed by atoms with Gasteiger partial charge in [-0.2, -0.15) is 0 Å². The molecule has 4 rings (SSSR count). The number of carbonyl (C=O) groups is 1. The van der Waals surface area contributed by atoms with Crippen LogP contribution >= 0.6 is 0 Å². The predicted octanol–water partition coefficient (Wildman–Crippen LogP) is 4.91. The summed E-state index contributed by atoms with van der Waals surface area (Å²) in [6.07, 6.45) is -0.471. The molecule has 0 bridgehead atoms. The molecular formula is C21H17FN2O. The first kappa shape index (κ1) is 15.4. The summed E-state index contributed by atoms with van der Waals surface area (Å²) in [7, 11) is 0. The first-order chi connectivity index (χ1) is 12.1. The smallest absolute Gasteiger partial charge is 0.262 e. The van der Waals surface area contributed by atoms with E-state index in [-0.39, 0.29) is 11.7 Å². The Labute approximate surface area is 145 Å². The third-order valence-electron chi connectivity index (χ3n) is 4.40. The van der Waals surface area contributed by atoms with E-state index in [0.29, 0.717) is 11.1 Å². The number of hydrogen-bond acceptors (Lipinski definition) is 2. The summed E-state index contributed by atoms with van der Waals surface area (Å²) in [4.78, 5) is 14.8. The topological polar surface area (TPSA) is 32.3 Å². The lowest BCUT2D eigenvalue weighted by Gasteiger charge is -2.38. The highest BCUT2D eigenvalue weighted by Gasteiger charge is 2.34. The van der Waals surface area contributed by atoms with Crippen LogP contribution in [0.1, 0.15) is 27.7 Å². The van der Waals surface area contributed by atoms with Gasteiger partial charge in [-0.15, -0.1) is 0 Å². The van der Waals surface area contributed by atoms with Crippen molar-refractivity contribution in [2.45, 2.75) is 13.1 Å². The molecule has 124 valence electrons. The van der Waals surface area contributed by atoms with Crippen molar-refractivity contribution in [2.24, 2.45) is 0 Å². The molecule has 1 N–H and O–H groups in total. The summed E-state index contributed by atoms with van der Waals surface area (Å²) in [5, 5.41) is 3.37. The third-order valence-corrected chi connectivity index (χ3v) is 4.40. The van der Waals surface area contributed by atoms with Gasteiger partial charge in [-0.1, -0.05) is 42.0 Å². The Morgan fingerprint density at radius 2 is 1.72 bits per heavy atom. The number of para-hydroxylation sites is 1. The lowest BCUT2D eigenvalue weighted by atomic mass is 10.0. The van der Waals surface area contributed by atoms with E-state index < -0.39 is 6.17 Å². The maximum Gasteiger partial charge on any atom is 0.262 e. The highest BCUT2D eigenvalue weighted by molar-refractivity contribution is 6.12. The van der Waals surface area contributed by atoms with Crippen LogP contribution in [-0.2, 0) is 0 Å². The standard InChI is InChI=1S/C21H17FN2O/c1-14-9-11-17(12-10-14)24-20(15-5-4-6-16(22)13-15)23-19-8-3-2-7-18(19)21(24)25/h2-13,20,23H,1H3. The summed E-state index contributed by atoms with van der Waals surface area (Å²) in [6.45, 7) is 2.00. The quantitative estimate of drug-likeness (QED) is 0.723. The Morgan fingerprint density at radius 1 is 0.960 bits per heavy atom. The number of nitrogens with one attached hydrogen (secondary N) is 1. The van der Waals surface area contributed by atoms with Crippen molar-refractivity contribution in [1.82, 2.24) is 0 Å². The summed E-state index contributed by atoms with van der Waals surface area (Å²) >= 11 is 0. The Balaban J connectivity index is 1.87. The summed E-state index contributed by atoms with van der Waals surface area (Å²) < 4.78 is 13.8. The van der Waals surface area contributed by atoms with Gasteiger partial charge >= 0.3 is 0 Å². The van der Waals surface area contributed by atoms with Crippen molar-refractivity contribution in [3.8, 4) is 0 Å². The van der Waals surface area contributed by atoms with Crippen molar-refractivity contribution in [1.29, 1.82) is 0 Å². The van der Waals surface area contributed by atoms with E-state index in [4.69, 9.17) is 0 Å². The highest BCUT2D eigenvalue weighted by atomic mass is 19.1. The van der Waals surface area contributed by atoms with Gasteiger partial charge in [0.1, 0.15) is 12.0 Å². The number of halogens is 1. The molecule has 1 unspecified atom stereocenters. The van der Waals surface area contributed by atoms with Crippen molar-refractivity contribution >= 4 is 17.3 Å². The monoisotopic (exact) mass is 332 g/mol. The summed E-state index contributed by atoms with van der Waals surface area (Å²) in [5.74, 6) is -0.429. The number of amides is 1. The van der Waals surface area contributed by atoms with Crippen LogP contribution in [0, 0.1) is 12.7 Å². The van der Waals surface area contributed by atoms with E-state index in [9.17, 15) is 9.18 Å². The van der Waals surface area contributed by atoms with Crippen LogP contribution in [0.15, 0.2) is 72.8 Å². The molecule has 0 spiro atoms. The Morgan fingerprint density at radius 3 is 2.48 bits per heavy atom. The molecule has 25 heavy (non-hydrogen) atoms. The molecule has 1 heterocycles. The summed E-state index contributed by atoms with van der Waals surface area (Å²) in [5.41, 5.74) is 3.94. The van der Waals surface area contributed by atoms with Gasteiger partial charge < -0.3 is 5.32 Å². The molecule has 0 radical (unpaired) electrons. The van der Waals surface area contributed by atoms with Crippen LogP contribution in [-0.4, -0.2) is 5.91 Å². The van der Waals surface area contributed by atoms with Gasteiger partial charge in [0.2, 0.25) is 0 Å². The Bertz CT molecular complexity index is 937. The van der Waals surface area contributed by atoms with E-state index >= 15 is 0 Å². The number of aryl methyl sites for hydroxylation is 1. The molecule has 1 aliphatic rings. The number of anilines is 2. The molecule has 0 saturated carbocycles. The second-order valence-corrected chi connectivity index (χ2v) is 6.16. The number of nitrogens with zero attached hydrogens (tertiary/aromatic N) is 1. The maximum atomic E-state index is 13.8. The van der Waals surface area contributed by atoms with Crippen LogP contribution in [0.2, 0.25) is 0 Å². The largest absolute Gasteiger partial charge is 0.360 e. The van der Waals surface area contributed by atoms with Crippen molar-refractivity contribution < 1.29 is 9.18 Å². The predicted molar refractivity (Wildman–Crippen MR) is 97.2 cm³/mol. The first-order valence-electron chi connectivity index (χ1n) is 8.15. The third kappa shape index (κ3) is 2.76. The normalized spacial score (nSPS) is 16.3. The minimum absolute atomic E-state index is 0.104. The van der Waals surface area contributed by atoms with Crippen LogP contribution in [0.5, 0.6) is 0 Å². The van der Waals surface area contributed by atoms with E-state index in [1.54, 1.807) is 17.0 Å². The molecule has 3 aromatic rings. The SMILES string of the molecule is Cc1ccc(N2C(=O)c3ccccc3NC2c2cccc(F)c2)cc1. The van der Waals surface area contributed by atoms with E-state index in [1.165, 1.54) is 12.1 Å². The number of carbonyl (C=O) groups excluding carboxylic acids is 1. The van der Waals surface area contributed by atoms with Gasteiger partial charge in [-0.3, -0.25) is 9.69 Å². The van der Waals surface area contributed by atoms with Gasteiger partial charge in [0.25, 0.3) is 5.91 Å². The fourth-order valence-corrected chi connectivity index (χ4v) is 3.14. The van der Waals surface area contributed by atoms with Crippen LogP contribution in [0.3, 0.4) is 0 Å². The van der Waals surface area contributed by atoms with Gasteiger partial charge in [0.05, 0.1) is 5.56 Å². The fourth-order valence-electron chi connectivity index (χ4n) is 3.14. The van der Waals surface area contributed by atoms with Gasteiger partial charge in [-0.05, 0) is 48.9 Å². The van der Waals surface area contributed by atoms with Crippen LogP contribution < -0.4 is 10.2 Å². The molecule has 1 amide bonds. The molecule has 1 aliphatic heterocycles. The first-order valence-corrected chi connectivity index (χ1v) is 8.15. The van der Waals surface area contributed by atoms with Crippen LogP contribution in [0.4, 0.5) is 15.8 Å². The Kier molecular flexibility index (Phi) is 3.73. The van der Waals surface area contributed by atoms with Crippen molar-refractivity contribution in [3.05, 3.63) is 95.3 Å². The number of fused-ring (bicyclic) bond motifs is 1. The second kappa shape index (κ2) is 6.06. The van der Waals surface area contributed by atoms with Gasteiger partial charge in [-0.25, -0.2) is 4.39 Å². The van der Waals surface area contributed by atoms with Crippen molar-refractivity contribution in [2.75, 3.05) is 10.2 Å². The molecule has 3 aromatic carbocycles. The van der Waals surface area contributed by atoms with E-state index in [1.807, 2.05) is 55.5 Å². The molecule has 1 atom stereocenters. The van der Waals surface area contributed by atoms with Gasteiger partial charge in [0.15, 0.2) is 0 Å². The molecule has 0 aromatic heterocycles. The average molecular weight is 332 g/mol. The molecular weight excluding hydrogens is 315 g/mol. The van der Waals surface area contributed by atoms with E-state index in [2.05, 4.69) is 5.32 Å². The minimum Gasteiger partial charge on any atom is -0.360 e. The zero-order valence-electron chi connectivity index (χ0n) is 13.7. The number of benzene rings is 3. The minimum atomic E-state index is -0.471. The van der Waals surface area contributed by atoms with Crippen molar-refractivity contribution in [3.63, 3.8) is 0 Å². The molecule has 4 heteroatoms. The zero-order valence-corrected chi connectivity index (χ0v) is 13.7.